The molecule has 4 aromatic rings. The summed E-state index contributed by atoms with van der Waals surface area (Å²) in [5.74, 6) is 2.32. The molecule has 0 spiro atoms. The predicted molar refractivity (Wildman–Crippen MR) is 116 cm³/mol. The molecule has 30 heavy (non-hydrogen) atoms. The van der Waals surface area contributed by atoms with Gasteiger partial charge < -0.3 is 19.2 Å². The minimum absolute atomic E-state index is 0.242. The summed E-state index contributed by atoms with van der Waals surface area (Å²) in [6.07, 6.45) is 0. The average Bonchev–Trinajstić information content (AvgIpc) is 3.20. The number of hydrogen-bond donors (Lipinski definition) is 1. The van der Waals surface area contributed by atoms with Gasteiger partial charge in [-0.15, -0.1) is 0 Å². The van der Waals surface area contributed by atoms with Crippen molar-refractivity contribution < 1.29 is 18.7 Å². The lowest BCUT2D eigenvalue weighted by atomic mass is 10.1. The minimum atomic E-state index is -0.242. The molecule has 2 heterocycles. The molecule has 0 aliphatic rings. The second-order valence-corrected chi connectivity index (χ2v) is 6.96. The molecule has 4 rings (SSSR count). The first-order chi connectivity index (χ1) is 14.5. The first-order valence-electron chi connectivity index (χ1n) is 9.50. The Labute approximate surface area is 174 Å². The fourth-order valence-corrected chi connectivity index (χ4v) is 3.37. The lowest BCUT2D eigenvalue weighted by Crippen LogP contribution is -2.14. The molecule has 0 saturated carbocycles. The molecule has 1 amide bonds. The van der Waals surface area contributed by atoms with Crippen LogP contribution in [0.2, 0.25) is 0 Å². The summed E-state index contributed by atoms with van der Waals surface area (Å²) in [7, 11) is 3.14. The third kappa shape index (κ3) is 3.59. The highest BCUT2D eigenvalue weighted by atomic mass is 16.5. The SMILES string of the molecule is COc1cc(C)c(NC(=O)c2cc(-c3ccc(C)o3)nc3ccccc23)cc1OC. The second-order valence-electron chi connectivity index (χ2n) is 6.96. The summed E-state index contributed by atoms with van der Waals surface area (Å²) in [6, 6.07) is 16.6. The maximum atomic E-state index is 13.3. The highest BCUT2D eigenvalue weighted by Crippen LogP contribution is 2.34. The lowest BCUT2D eigenvalue weighted by Gasteiger charge is -2.14. The van der Waals surface area contributed by atoms with Gasteiger partial charge in [0.1, 0.15) is 11.5 Å². The van der Waals surface area contributed by atoms with Crippen LogP contribution in [0.5, 0.6) is 11.5 Å². The monoisotopic (exact) mass is 402 g/mol. The van der Waals surface area contributed by atoms with Crippen molar-refractivity contribution in [1.29, 1.82) is 0 Å². The number of nitrogens with zero attached hydrogens (tertiary/aromatic N) is 1. The van der Waals surface area contributed by atoms with Crippen LogP contribution in [-0.2, 0) is 0 Å². The molecule has 0 atom stereocenters. The van der Waals surface area contributed by atoms with Crippen molar-refractivity contribution >= 4 is 22.5 Å². The minimum Gasteiger partial charge on any atom is -0.493 e. The zero-order valence-electron chi connectivity index (χ0n) is 17.3. The number of pyridine rings is 1. The van der Waals surface area contributed by atoms with Crippen LogP contribution in [0.3, 0.4) is 0 Å². The van der Waals surface area contributed by atoms with Gasteiger partial charge in [-0.1, -0.05) is 18.2 Å². The third-order valence-electron chi connectivity index (χ3n) is 4.93. The maximum absolute atomic E-state index is 13.3. The zero-order valence-corrected chi connectivity index (χ0v) is 17.3. The van der Waals surface area contributed by atoms with Gasteiger partial charge in [0.2, 0.25) is 0 Å². The number of fused-ring (bicyclic) bond motifs is 1. The van der Waals surface area contributed by atoms with E-state index >= 15 is 0 Å². The van der Waals surface area contributed by atoms with Crippen molar-refractivity contribution in [2.75, 3.05) is 19.5 Å². The second kappa shape index (κ2) is 7.91. The fraction of sp³-hybridized carbons (Fsp3) is 0.167. The van der Waals surface area contributed by atoms with E-state index in [1.165, 1.54) is 0 Å². The lowest BCUT2D eigenvalue weighted by molar-refractivity contribution is 0.102. The van der Waals surface area contributed by atoms with E-state index in [4.69, 9.17) is 13.9 Å². The molecular formula is C24H22N2O4. The van der Waals surface area contributed by atoms with Gasteiger partial charge in [0.15, 0.2) is 17.3 Å². The van der Waals surface area contributed by atoms with Gasteiger partial charge in [-0.25, -0.2) is 4.98 Å². The first-order valence-corrected chi connectivity index (χ1v) is 9.50. The van der Waals surface area contributed by atoms with Gasteiger partial charge in [-0.2, -0.15) is 0 Å². The number of benzene rings is 2. The van der Waals surface area contributed by atoms with E-state index < -0.39 is 0 Å². The molecule has 152 valence electrons. The number of aromatic nitrogens is 1. The van der Waals surface area contributed by atoms with E-state index in [2.05, 4.69) is 10.3 Å². The van der Waals surface area contributed by atoms with Crippen LogP contribution < -0.4 is 14.8 Å². The van der Waals surface area contributed by atoms with E-state index in [1.54, 1.807) is 26.4 Å². The van der Waals surface area contributed by atoms with E-state index in [-0.39, 0.29) is 5.91 Å². The number of anilines is 1. The number of nitrogens with one attached hydrogen (secondary N) is 1. The van der Waals surface area contributed by atoms with Gasteiger partial charge in [-0.05, 0) is 49.7 Å². The number of para-hydroxylation sites is 1. The molecule has 6 heteroatoms. The summed E-state index contributed by atoms with van der Waals surface area (Å²) >= 11 is 0. The number of amides is 1. The number of methoxy groups -OCH3 is 2. The van der Waals surface area contributed by atoms with E-state index in [1.807, 2.05) is 56.3 Å². The topological polar surface area (TPSA) is 73.6 Å². The molecule has 0 saturated heterocycles. The third-order valence-corrected chi connectivity index (χ3v) is 4.93. The number of carbonyl (C=O) groups excluding carboxylic acids is 1. The zero-order chi connectivity index (χ0) is 21.3. The molecule has 0 bridgehead atoms. The molecule has 0 radical (unpaired) electrons. The Morgan fingerprint density at radius 1 is 0.967 bits per heavy atom. The Hall–Kier alpha value is -3.80. The van der Waals surface area contributed by atoms with Crippen molar-refractivity contribution in [2.24, 2.45) is 0 Å². The summed E-state index contributed by atoms with van der Waals surface area (Å²) in [6.45, 7) is 3.78. The number of rotatable bonds is 5. The Morgan fingerprint density at radius 2 is 1.70 bits per heavy atom. The highest BCUT2D eigenvalue weighted by molar-refractivity contribution is 6.13. The number of aryl methyl sites for hydroxylation is 2. The summed E-state index contributed by atoms with van der Waals surface area (Å²) < 4.78 is 16.4. The van der Waals surface area contributed by atoms with Crippen LogP contribution in [0, 0.1) is 13.8 Å². The molecule has 0 aliphatic carbocycles. The van der Waals surface area contributed by atoms with Gasteiger partial charge >= 0.3 is 0 Å². The first kappa shape index (κ1) is 19.5. The predicted octanol–water partition coefficient (Wildman–Crippen LogP) is 5.38. The average molecular weight is 402 g/mol. The highest BCUT2D eigenvalue weighted by Gasteiger charge is 2.17. The molecule has 0 unspecified atom stereocenters. The van der Waals surface area contributed by atoms with Crippen LogP contribution in [0.25, 0.3) is 22.4 Å². The molecule has 0 fully saturated rings. The number of ether oxygens (including phenoxy) is 2. The Kier molecular flexibility index (Phi) is 5.14. The fourth-order valence-electron chi connectivity index (χ4n) is 3.37. The molecule has 1 N–H and O–H groups in total. The molecular weight excluding hydrogens is 380 g/mol. The molecule has 2 aromatic heterocycles. The van der Waals surface area contributed by atoms with Crippen LogP contribution in [0.1, 0.15) is 21.7 Å². The van der Waals surface area contributed by atoms with Crippen molar-refractivity contribution in [3.63, 3.8) is 0 Å². The quantitative estimate of drug-likeness (QED) is 0.485. The van der Waals surface area contributed by atoms with Crippen molar-refractivity contribution in [3.05, 3.63) is 71.5 Å². The van der Waals surface area contributed by atoms with E-state index in [9.17, 15) is 4.79 Å². The normalized spacial score (nSPS) is 10.8. The largest absolute Gasteiger partial charge is 0.493 e. The van der Waals surface area contributed by atoms with Crippen LogP contribution in [-0.4, -0.2) is 25.1 Å². The molecule has 2 aromatic carbocycles. The van der Waals surface area contributed by atoms with Gasteiger partial charge in [0, 0.05) is 17.1 Å². The van der Waals surface area contributed by atoms with Gasteiger partial charge in [0.05, 0.1) is 25.3 Å². The van der Waals surface area contributed by atoms with Crippen LogP contribution in [0.15, 0.2) is 59.0 Å². The smallest absolute Gasteiger partial charge is 0.256 e. The standard InChI is InChI=1S/C24H22N2O4/c1-14-11-22(28-3)23(29-4)13-19(14)26-24(27)17-12-20(21-10-9-15(2)30-21)25-18-8-6-5-7-16(17)18/h5-13H,1-4H3,(H,26,27). The Balaban J connectivity index is 1.78. The number of furan rings is 1. The van der Waals surface area contributed by atoms with Crippen LogP contribution in [0.4, 0.5) is 5.69 Å². The summed E-state index contributed by atoms with van der Waals surface area (Å²) in [4.78, 5) is 17.9. The van der Waals surface area contributed by atoms with Crippen molar-refractivity contribution in [2.45, 2.75) is 13.8 Å². The van der Waals surface area contributed by atoms with Gasteiger partial charge in [0.25, 0.3) is 5.91 Å². The number of hydrogen-bond acceptors (Lipinski definition) is 5. The number of carbonyl (C=O) groups is 1. The van der Waals surface area contributed by atoms with Gasteiger partial charge in [-0.3, -0.25) is 4.79 Å². The molecule has 6 nitrogen and oxygen atoms in total. The van der Waals surface area contributed by atoms with Crippen molar-refractivity contribution in [1.82, 2.24) is 4.98 Å². The van der Waals surface area contributed by atoms with E-state index in [0.29, 0.717) is 34.2 Å². The summed E-state index contributed by atoms with van der Waals surface area (Å²) in [5.41, 5.74) is 3.35. The van der Waals surface area contributed by atoms with Crippen molar-refractivity contribution in [3.8, 4) is 23.0 Å². The van der Waals surface area contributed by atoms with E-state index in [0.717, 1.165) is 22.2 Å². The molecule has 0 aliphatic heterocycles. The summed E-state index contributed by atoms with van der Waals surface area (Å²) in [5, 5.41) is 3.76. The Morgan fingerprint density at radius 3 is 2.40 bits per heavy atom. The Bertz CT molecular complexity index is 1240. The maximum Gasteiger partial charge on any atom is 0.256 e. The van der Waals surface area contributed by atoms with Crippen LogP contribution >= 0.6 is 0 Å².